The summed E-state index contributed by atoms with van der Waals surface area (Å²) in [6.45, 7) is 4.77. The number of aromatic amines is 1. The zero-order valence-corrected chi connectivity index (χ0v) is 21.6. The van der Waals surface area contributed by atoms with Gasteiger partial charge in [-0.3, -0.25) is 5.32 Å². The lowest BCUT2D eigenvalue weighted by Crippen LogP contribution is -2.50. The number of carbonyl (C=O) groups is 1. The number of hydrogen-bond donors (Lipinski definition) is 4. The number of carbonyl (C=O) groups excluding carboxylic acids is 1. The van der Waals surface area contributed by atoms with Crippen LogP contribution in [0, 0.1) is 0 Å². The summed E-state index contributed by atoms with van der Waals surface area (Å²) in [5, 5.41) is 9.41. The molecule has 5 rings (SSSR count). The Labute approximate surface area is 221 Å². The van der Waals surface area contributed by atoms with Crippen molar-refractivity contribution in [3.05, 3.63) is 35.7 Å². The van der Waals surface area contributed by atoms with E-state index in [2.05, 4.69) is 49.5 Å². The molecule has 0 spiro atoms. The van der Waals surface area contributed by atoms with Gasteiger partial charge in [-0.15, -0.1) is 0 Å². The third-order valence-electron chi connectivity index (χ3n) is 7.44. The average Bonchev–Trinajstić information content (AvgIpc) is 3.27. The summed E-state index contributed by atoms with van der Waals surface area (Å²) in [6.07, 6.45) is -2.64. The van der Waals surface area contributed by atoms with Crippen molar-refractivity contribution in [1.29, 1.82) is 0 Å². The minimum Gasteiger partial charge on any atom is -0.453 e. The van der Waals surface area contributed by atoms with E-state index in [-0.39, 0.29) is 34.5 Å². The summed E-state index contributed by atoms with van der Waals surface area (Å²) in [5.74, 6) is -3.41. The summed E-state index contributed by atoms with van der Waals surface area (Å²) in [5.41, 5.74) is -0.275. The number of rotatable bonds is 5. The van der Waals surface area contributed by atoms with Crippen molar-refractivity contribution in [3.63, 3.8) is 0 Å². The van der Waals surface area contributed by atoms with Crippen molar-refractivity contribution in [2.75, 3.05) is 24.3 Å². The molecule has 2 aromatic heterocycles. The van der Waals surface area contributed by atoms with Crippen molar-refractivity contribution in [3.8, 4) is 11.3 Å². The van der Waals surface area contributed by atoms with Gasteiger partial charge in [0.1, 0.15) is 5.56 Å². The quantitative estimate of drug-likeness (QED) is 0.278. The van der Waals surface area contributed by atoms with Crippen LogP contribution in [0.1, 0.15) is 56.6 Å². The van der Waals surface area contributed by atoms with Gasteiger partial charge in [0, 0.05) is 65.6 Å². The number of H-pyrrole nitrogens is 1. The highest BCUT2D eigenvalue weighted by Crippen LogP contribution is 2.52. The first-order valence-electron chi connectivity index (χ1n) is 12.6. The molecule has 1 aliphatic carbocycles. The topological polar surface area (TPSA) is 104 Å². The molecular weight excluding hydrogens is 523 g/mol. The first-order valence-corrected chi connectivity index (χ1v) is 12.6. The van der Waals surface area contributed by atoms with Crippen LogP contribution in [0.25, 0.3) is 22.2 Å². The molecule has 4 N–H and O–H groups in total. The predicted molar refractivity (Wildman–Crippen MR) is 136 cm³/mol. The van der Waals surface area contributed by atoms with E-state index in [1.165, 1.54) is 25.4 Å². The number of hydrogen-bond acceptors (Lipinski definition) is 6. The van der Waals surface area contributed by atoms with Crippen molar-refractivity contribution in [2.45, 2.75) is 69.1 Å². The van der Waals surface area contributed by atoms with Gasteiger partial charge in [0.15, 0.2) is 0 Å². The van der Waals surface area contributed by atoms with Crippen LogP contribution in [-0.4, -0.2) is 52.2 Å². The summed E-state index contributed by atoms with van der Waals surface area (Å²) >= 11 is 0. The lowest BCUT2D eigenvalue weighted by Gasteiger charge is -2.36. The van der Waals surface area contributed by atoms with Gasteiger partial charge in [0.25, 0.3) is 0 Å². The number of piperidine rings is 1. The molecule has 1 unspecified atom stereocenters. The summed E-state index contributed by atoms with van der Waals surface area (Å²) in [6, 6.07) is 2.94. The van der Waals surface area contributed by atoms with Crippen molar-refractivity contribution >= 4 is 28.6 Å². The van der Waals surface area contributed by atoms with Gasteiger partial charge in [0.05, 0.1) is 18.3 Å². The van der Waals surface area contributed by atoms with E-state index < -0.39 is 42.5 Å². The molecule has 0 radical (unpaired) electrons. The Morgan fingerprint density at radius 3 is 2.56 bits per heavy atom. The monoisotopic (exact) mass is 552 g/mol. The standard InChI is InChI=1S/C26H29F5N6O2/c1-24(2)7-6-14(10-34-24)35-22-33-12-17(26(29,30)31)20(37-22)16-11-32-21-15(16)4-5-18(36-23(38)39-3)19(21)13-8-25(27,28)9-13/h4-5,11-14,32,34H,6-10H2,1-3H3,(H,36,38)(H,33,35,37). The number of nitrogens with zero attached hydrogens (tertiary/aromatic N) is 2. The maximum atomic E-state index is 14.1. The summed E-state index contributed by atoms with van der Waals surface area (Å²) in [4.78, 5) is 23.1. The molecule has 8 nitrogen and oxygen atoms in total. The molecule has 39 heavy (non-hydrogen) atoms. The van der Waals surface area contributed by atoms with E-state index in [0.717, 1.165) is 19.0 Å². The average molecular weight is 553 g/mol. The Morgan fingerprint density at radius 1 is 1.21 bits per heavy atom. The lowest BCUT2D eigenvalue weighted by molar-refractivity contribution is -0.137. The van der Waals surface area contributed by atoms with Crippen LogP contribution < -0.4 is 16.0 Å². The minimum atomic E-state index is -4.74. The number of benzene rings is 1. The van der Waals surface area contributed by atoms with E-state index in [1.54, 1.807) is 0 Å². The van der Waals surface area contributed by atoms with Crippen LogP contribution >= 0.6 is 0 Å². The summed E-state index contributed by atoms with van der Waals surface area (Å²) in [7, 11) is 1.17. The first-order chi connectivity index (χ1) is 18.3. The number of nitrogens with one attached hydrogen (secondary N) is 4. The van der Waals surface area contributed by atoms with Crippen LogP contribution in [0.3, 0.4) is 0 Å². The maximum absolute atomic E-state index is 14.1. The van der Waals surface area contributed by atoms with E-state index in [0.29, 0.717) is 23.0 Å². The lowest BCUT2D eigenvalue weighted by atomic mass is 9.75. The SMILES string of the molecule is COC(=O)Nc1ccc2c(-c3nc(NC4CCC(C)(C)NC4)ncc3C(F)(F)F)c[nH]c2c1C1CC(F)(F)C1. The second-order valence-electron chi connectivity index (χ2n) is 10.8. The van der Waals surface area contributed by atoms with Crippen LogP contribution in [0.5, 0.6) is 0 Å². The molecule has 1 saturated carbocycles. The van der Waals surface area contributed by atoms with Crippen molar-refractivity contribution in [1.82, 2.24) is 20.3 Å². The molecule has 1 aliphatic heterocycles. The number of methoxy groups -OCH3 is 1. The number of fused-ring (bicyclic) bond motifs is 1. The molecule has 1 atom stereocenters. The Morgan fingerprint density at radius 2 is 1.95 bits per heavy atom. The fourth-order valence-electron chi connectivity index (χ4n) is 5.27. The molecule has 0 bridgehead atoms. The van der Waals surface area contributed by atoms with Crippen molar-refractivity contribution < 1.29 is 31.5 Å². The zero-order valence-electron chi connectivity index (χ0n) is 21.6. The molecule has 13 heteroatoms. The highest BCUT2D eigenvalue weighted by atomic mass is 19.4. The Hall–Kier alpha value is -3.48. The van der Waals surface area contributed by atoms with Crippen LogP contribution in [0.2, 0.25) is 0 Å². The van der Waals surface area contributed by atoms with Gasteiger partial charge in [-0.2, -0.15) is 13.2 Å². The van der Waals surface area contributed by atoms with Gasteiger partial charge >= 0.3 is 12.3 Å². The molecule has 210 valence electrons. The fourth-order valence-corrected chi connectivity index (χ4v) is 5.27. The second kappa shape index (κ2) is 9.61. The Balaban J connectivity index is 1.57. The van der Waals surface area contributed by atoms with Crippen LogP contribution in [0.4, 0.5) is 38.4 Å². The molecule has 1 aromatic carbocycles. The molecule has 3 heterocycles. The second-order valence-corrected chi connectivity index (χ2v) is 10.8. The predicted octanol–water partition coefficient (Wildman–Crippen LogP) is 6.28. The first kappa shape index (κ1) is 27.1. The van der Waals surface area contributed by atoms with Gasteiger partial charge < -0.3 is 20.4 Å². The highest BCUT2D eigenvalue weighted by Gasteiger charge is 2.47. The van der Waals surface area contributed by atoms with E-state index in [4.69, 9.17) is 0 Å². The maximum Gasteiger partial charge on any atom is 0.419 e. The number of amides is 1. The van der Waals surface area contributed by atoms with Gasteiger partial charge in [-0.05, 0) is 38.7 Å². The van der Waals surface area contributed by atoms with E-state index in [1.807, 2.05) is 0 Å². The molecule has 2 aliphatic rings. The van der Waals surface area contributed by atoms with Gasteiger partial charge in [-0.1, -0.05) is 6.07 Å². The number of ether oxygens (including phenoxy) is 1. The number of alkyl halides is 5. The molecule has 1 amide bonds. The summed E-state index contributed by atoms with van der Waals surface area (Å²) < 4.78 is 74.4. The Bertz CT molecular complexity index is 1390. The van der Waals surface area contributed by atoms with Crippen molar-refractivity contribution in [2.24, 2.45) is 0 Å². The van der Waals surface area contributed by atoms with E-state index >= 15 is 0 Å². The number of aromatic nitrogens is 3. The minimum absolute atomic E-state index is 0.0297. The molecular formula is C26H29F5N6O2. The van der Waals surface area contributed by atoms with Gasteiger partial charge in [-0.25, -0.2) is 23.5 Å². The van der Waals surface area contributed by atoms with Crippen LogP contribution in [0.15, 0.2) is 24.5 Å². The molecule has 2 fully saturated rings. The zero-order chi connectivity index (χ0) is 28.2. The van der Waals surface area contributed by atoms with E-state index in [9.17, 15) is 26.7 Å². The largest absolute Gasteiger partial charge is 0.453 e. The smallest absolute Gasteiger partial charge is 0.419 e. The third kappa shape index (κ3) is 5.49. The molecule has 3 aromatic rings. The normalized spacial score (nSPS) is 20.9. The van der Waals surface area contributed by atoms with Gasteiger partial charge in [0.2, 0.25) is 11.9 Å². The molecule has 1 saturated heterocycles. The third-order valence-corrected chi connectivity index (χ3v) is 7.44. The highest BCUT2D eigenvalue weighted by molar-refractivity contribution is 6.01. The Kier molecular flexibility index (Phi) is 6.68. The fraction of sp³-hybridized carbons (Fsp3) is 0.500. The van der Waals surface area contributed by atoms with Crippen LogP contribution in [-0.2, 0) is 10.9 Å². The number of anilines is 2. The number of halogens is 5.